The number of aryl methyl sites for hydroxylation is 1. The number of benzene rings is 2. The van der Waals surface area contributed by atoms with Crippen LogP contribution in [0, 0.1) is 6.92 Å². The third-order valence-corrected chi connectivity index (χ3v) is 5.04. The summed E-state index contributed by atoms with van der Waals surface area (Å²) in [5.74, 6) is 4.14. The summed E-state index contributed by atoms with van der Waals surface area (Å²) < 4.78 is 10.7. The fourth-order valence-corrected chi connectivity index (χ4v) is 3.58. The maximum atomic E-state index is 5.85. The summed E-state index contributed by atoms with van der Waals surface area (Å²) >= 11 is 1.70. The number of nitrogens with zero attached hydrogens (tertiary/aromatic N) is 3. The van der Waals surface area contributed by atoms with Crippen molar-refractivity contribution >= 4 is 29.3 Å². The van der Waals surface area contributed by atoms with Crippen molar-refractivity contribution in [3.8, 4) is 11.5 Å². The van der Waals surface area contributed by atoms with Gasteiger partial charge in [0.15, 0.2) is 11.5 Å². The fourth-order valence-electron chi connectivity index (χ4n) is 2.64. The summed E-state index contributed by atoms with van der Waals surface area (Å²) in [6, 6.07) is 13.7. The normalized spacial score (nSPS) is 10.5. The number of nitrogen functional groups attached to an aromatic ring is 1. The van der Waals surface area contributed by atoms with Crippen LogP contribution in [0.1, 0.15) is 17.0 Å². The van der Waals surface area contributed by atoms with Gasteiger partial charge in [0.1, 0.15) is 5.82 Å². The van der Waals surface area contributed by atoms with Gasteiger partial charge in [0, 0.05) is 11.4 Å². The van der Waals surface area contributed by atoms with Crippen LogP contribution in [0.25, 0.3) is 0 Å². The van der Waals surface area contributed by atoms with Crippen molar-refractivity contribution in [3.05, 3.63) is 59.4 Å². The van der Waals surface area contributed by atoms with Crippen LogP contribution in [0.4, 0.5) is 17.6 Å². The minimum Gasteiger partial charge on any atom is -0.493 e. The molecule has 0 bridgehead atoms. The van der Waals surface area contributed by atoms with E-state index in [-0.39, 0.29) is 5.95 Å². The highest BCUT2D eigenvalue weighted by Gasteiger charge is 2.10. The predicted molar refractivity (Wildman–Crippen MR) is 113 cm³/mol. The van der Waals surface area contributed by atoms with E-state index in [2.05, 4.69) is 27.2 Å². The molecule has 0 aliphatic heterocycles. The average molecular weight is 398 g/mol. The van der Waals surface area contributed by atoms with Gasteiger partial charge in [-0.2, -0.15) is 15.0 Å². The highest BCUT2D eigenvalue weighted by Crippen LogP contribution is 2.32. The SMILES string of the molecule is COc1cc(C)c(CSCc2nc(N)nc(Nc3ccccc3)n2)cc1OC. The van der Waals surface area contributed by atoms with Gasteiger partial charge < -0.3 is 20.5 Å². The lowest BCUT2D eigenvalue weighted by molar-refractivity contribution is 0.354. The Balaban J connectivity index is 1.66. The van der Waals surface area contributed by atoms with Crippen LogP contribution in [0.2, 0.25) is 0 Å². The van der Waals surface area contributed by atoms with Crippen LogP contribution in [0.3, 0.4) is 0 Å². The van der Waals surface area contributed by atoms with Gasteiger partial charge in [0.05, 0.1) is 20.0 Å². The van der Waals surface area contributed by atoms with Crippen LogP contribution >= 0.6 is 11.8 Å². The molecule has 0 unspecified atom stereocenters. The second-order valence-corrected chi connectivity index (χ2v) is 7.04. The second-order valence-electron chi connectivity index (χ2n) is 6.05. The molecule has 3 aromatic rings. The summed E-state index contributed by atoms with van der Waals surface area (Å²) in [6.45, 7) is 2.06. The van der Waals surface area contributed by atoms with Gasteiger partial charge in [-0.25, -0.2) is 0 Å². The Labute approximate surface area is 168 Å². The van der Waals surface area contributed by atoms with Gasteiger partial charge in [-0.15, -0.1) is 11.8 Å². The molecule has 0 spiro atoms. The van der Waals surface area contributed by atoms with E-state index >= 15 is 0 Å². The highest BCUT2D eigenvalue weighted by molar-refractivity contribution is 7.97. The van der Waals surface area contributed by atoms with Gasteiger partial charge >= 0.3 is 0 Å². The fraction of sp³-hybridized carbons (Fsp3) is 0.250. The van der Waals surface area contributed by atoms with E-state index in [0.29, 0.717) is 17.5 Å². The van der Waals surface area contributed by atoms with Crippen LogP contribution in [-0.4, -0.2) is 29.2 Å². The highest BCUT2D eigenvalue weighted by atomic mass is 32.2. The predicted octanol–water partition coefficient (Wildman–Crippen LogP) is 3.96. The van der Waals surface area contributed by atoms with Gasteiger partial charge in [0.25, 0.3) is 0 Å². The molecule has 0 fully saturated rings. The molecule has 3 N–H and O–H groups in total. The van der Waals surface area contributed by atoms with Crippen molar-refractivity contribution in [1.29, 1.82) is 0 Å². The molecule has 0 atom stereocenters. The number of thioether (sulfide) groups is 1. The Morgan fingerprint density at radius 2 is 1.68 bits per heavy atom. The largest absolute Gasteiger partial charge is 0.493 e. The Morgan fingerprint density at radius 3 is 2.39 bits per heavy atom. The van der Waals surface area contributed by atoms with Gasteiger partial charge in [-0.1, -0.05) is 18.2 Å². The monoisotopic (exact) mass is 397 g/mol. The Kier molecular flexibility index (Phi) is 6.54. The molecule has 0 aliphatic rings. The quantitative estimate of drug-likeness (QED) is 0.590. The molecule has 3 rings (SSSR count). The van der Waals surface area contributed by atoms with E-state index in [0.717, 1.165) is 28.5 Å². The number of rotatable bonds is 8. The number of aromatic nitrogens is 3. The minimum absolute atomic E-state index is 0.200. The Morgan fingerprint density at radius 1 is 0.964 bits per heavy atom. The van der Waals surface area contributed by atoms with Crippen molar-refractivity contribution in [2.75, 3.05) is 25.3 Å². The summed E-state index contributed by atoms with van der Waals surface area (Å²) in [5, 5.41) is 3.15. The van der Waals surface area contributed by atoms with E-state index in [1.54, 1.807) is 26.0 Å². The topological polar surface area (TPSA) is 95.2 Å². The van der Waals surface area contributed by atoms with E-state index < -0.39 is 0 Å². The molecule has 0 amide bonds. The molecule has 0 saturated carbocycles. The molecule has 8 heteroatoms. The first-order valence-corrected chi connectivity index (χ1v) is 9.86. The summed E-state index contributed by atoms with van der Waals surface area (Å²) in [6.07, 6.45) is 0. The number of nitrogens with two attached hydrogens (primary N) is 1. The molecular weight excluding hydrogens is 374 g/mol. The zero-order chi connectivity index (χ0) is 19.9. The molecule has 28 heavy (non-hydrogen) atoms. The Bertz CT molecular complexity index is 937. The van der Waals surface area contributed by atoms with E-state index in [4.69, 9.17) is 15.2 Å². The smallest absolute Gasteiger partial charge is 0.232 e. The number of hydrogen-bond acceptors (Lipinski definition) is 8. The van der Waals surface area contributed by atoms with Gasteiger partial charge in [-0.3, -0.25) is 0 Å². The number of nitrogens with one attached hydrogen (secondary N) is 1. The minimum atomic E-state index is 0.200. The van der Waals surface area contributed by atoms with Crippen LogP contribution < -0.4 is 20.5 Å². The van der Waals surface area contributed by atoms with Gasteiger partial charge in [-0.05, 0) is 42.3 Å². The van der Waals surface area contributed by atoms with Crippen LogP contribution in [-0.2, 0) is 11.5 Å². The first-order chi connectivity index (χ1) is 13.6. The molecule has 0 saturated heterocycles. The molecule has 1 heterocycles. The van der Waals surface area contributed by atoms with E-state index in [9.17, 15) is 0 Å². The maximum absolute atomic E-state index is 5.85. The standard InChI is InChI=1S/C20H23N5O2S/c1-13-9-16(26-2)17(27-3)10-14(13)11-28-12-18-23-19(21)25-20(24-18)22-15-7-5-4-6-8-15/h4-10H,11-12H2,1-3H3,(H3,21,22,23,24,25). The zero-order valence-corrected chi connectivity index (χ0v) is 16.9. The number of methoxy groups -OCH3 is 2. The molecule has 0 aliphatic carbocycles. The molecule has 0 radical (unpaired) electrons. The second kappa shape index (κ2) is 9.27. The van der Waals surface area contributed by atoms with E-state index in [1.807, 2.05) is 42.5 Å². The molecule has 7 nitrogen and oxygen atoms in total. The lowest BCUT2D eigenvalue weighted by Gasteiger charge is -2.12. The maximum Gasteiger partial charge on any atom is 0.232 e. The Hall–Kier alpha value is -3.00. The zero-order valence-electron chi connectivity index (χ0n) is 16.1. The van der Waals surface area contributed by atoms with Crippen molar-refractivity contribution in [2.45, 2.75) is 18.4 Å². The molecule has 1 aromatic heterocycles. The lowest BCUT2D eigenvalue weighted by Crippen LogP contribution is -2.06. The molecular formula is C20H23N5O2S. The molecule has 146 valence electrons. The number of para-hydroxylation sites is 1. The van der Waals surface area contributed by atoms with Crippen molar-refractivity contribution in [1.82, 2.24) is 15.0 Å². The van der Waals surface area contributed by atoms with Crippen molar-refractivity contribution < 1.29 is 9.47 Å². The van der Waals surface area contributed by atoms with Crippen LogP contribution in [0.15, 0.2) is 42.5 Å². The lowest BCUT2D eigenvalue weighted by atomic mass is 10.1. The first kappa shape index (κ1) is 19.8. The number of hydrogen-bond donors (Lipinski definition) is 2. The van der Waals surface area contributed by atoms with Gasteiger partial charge in [0.2, 0.25) is 11.9 Å². The third kappa shape index (κ3) is 5.04. The van der Waals surface area contributed by atoms with E-state index in [1.165, 1.54) is 5.56 Å². The summed E-state index contributed by atoms with van der Waals surface area (Å²) in [7, 11) is 3.27. The number of anilines is 3. The van der Waals surface area contributed by atoms with Crippen molar-refractivity contribution in [3.63, 3.8) is 0 Å². The van der Waals surface area contributed by atoms with Crippen molar-refractivity contribution in [2.24, 2.45) is 0 Å². The summed E-state index contributed by atoms with van der Waals surface area (Å²) in [4.78, 5) is 12.9. The summed E-state index contributed by atoms with van der Waals surface area (Å²) in [5.41, 5.74) is 9.06. The number of ether oxygens (including phenoxy) is 2. The molecule has 2 aromatic carbocycles. The average Bonchev–Trinajstić information content (AvgIpc) is 2.69. The first-order valence-electron chi connectivity index (χ1n) is 8.70. The third-order valence-electron chi connectivity index (χ3n) is 4.06. The van der Waals surface area contributed by atoms with Crippen LogP contribution in [0.5, 0.6) is 11.5 Å².